The number of rotatable bonds is 2. The highest BCUT2D eigenvalue weighted by Gasteiger charge is 2.28. The van der Waals surface area contributed by atoms with E-state index in [4.69, 9.17) is 5.11 Å². The largest absolute Gasteiger partial charge is 0.478 e. The molecule has 0 aliphatic carbocycles. The molecule has 2 heterocycles. The van der Waals surface area contributed by atoms with Crippen LogP contribution in [0.5, 0.6) is 0 Å². The van der Waals surface area contributed by atoms with Gasteiger partial charge in [0.15, 0.2) is 0 Å². The van der Waals surface area contributed by atoms with Gasteiger partial charge in [-0.1, -0.05) is 0 Å². The van der Waals surface area contributed by atoms with Gasteiger partial charge in [-0.15, -0.1) is 0 Å². The minimum Gasteiger partial charge on any atom is -0.478 e. The first kappa shape index (κ1) is 12.9. The molecule has 3 rings (SSSR count). The molecule has 20 heavy (non-hydrogen) atoms. The number of hydrogen-bond acceptors (Lipinski definition) is 3. The summed E-state index contributed by atoms with van der Waals surface area (Å²) >= 11 is 0. The highest BCUT2D eigenvalue weighted by atomic mass is 16.4. The monoisotopic (exact) mass is 272 g/mol. The SMILES string of the molecule is CC(C(=O)N1CCc2cc(C(=O)O)ccc21)=C1CNC1. The van der Waals surface area contributed by atoms with Crippen LogP contribution in [0, 0.1) is 0 Å². The average Bonchev–Trinajstić information content (AvgIpc) is 2.78. The van der Waals surface area contributed by atoms with E-state index in [1.54, 1.807) is 23.1 Å². The Morgan fingerprint density at radius 3 is 2.65 bits per heavy atom. The lowest BCUT2D eigenvalue weighted by Gasteiger charge is -2.24. The molecule has 5 heteroatoms. The van der Waals surface area contributed by atoms with Crippen LogP contribution in [-0.2, 0) is 11.2 Å². The summed E-state index contributed by atoms with van der Waals surface area (Å²) in [5.74, 6) is -0.903. The summed E-state index contributed by atoms with van der Waals surface area (Å²) in [6, 6.07) is 4.96. The number of benzene rings is 1. The number of anilines is 1. The molecule has 0 saturated carbocycles. The Morgan fingerprint density at radius 2 is 2.05 bits per heavy atom. The van der Waals surface area contributed by atoms with Gasteiger partial charge in [0, 0.05) is 30.9 Å². The van der Waals surface area contributed by atoms with E-state index in [1.807, 2.05) is 6.92 Å². The summed E-state index contributed by atoms with van der Waals surface area (Å²) in [6.07, 6.45) is 0.711. The number of carbonyl (C=O) groups is 2. The standard InChI is InChI=1S/C15H16N2O3/c1-9(12-7-16-8-12)14(18)17-5-4-10-6-11(15(19)20)2-3-13(10)17/h2-3,6,16H,4-5,7-8H2,1H3,(H,19,20). The first-order valence-corrected chi connectivity index (χ1v) is 6.65. The van der Waals surface area contributed by atoms with Crippen LogP contribution < -0.4 is 10.2 Å². The highest BCUT2D eigenvalue weighted by molar-refractivity contribution is 6.07. The van der Waals surface area contributed by atoms with Crippen LogP contribution in [0.25, 0.3) is 0 Å². The topological polar surface area (TPSA) is 69.6 Å². The van der Waals surface area contributed by atoms with Crippen molar-refractivity contribution in [3.05, 3.63) is 40.5 Å². The van der Waals surface area contributed by atoms with Crippen molar-refractivity contribution < 1.29 is 14.7 Å². The highest BCUT2D eigenvalue weighted by Crippen LogP contribution is 2.30. The van der Waals surface area contributed by atoms with Gasteiger partial charge in [-0.25, -0.2) is 4.79 Å². The third kappa shape index (κ3) is 2.00. The van der Waals surface area contributed by atoms with E-state index in [9.17, 15) is 9.59 Å². The van der Waals surface area contributed by atoms with E-state index in [0.717, 1.165) is 35.5 Å². The number of carbonyl (C=O) groups excluding carboxylic acids is 1. The Bertz CT molecular complexity index is 628. The number of aromatic carboxylic acids is 1. The molecule has 104 valence electrons. The molecule has 2 aliphatic rings. The number of nitrogens with one attached hydrogen (secondary N) is 1. The lowest BCUT2D eigenvalue weighted by Crippen LogP contribution is -2.38. The van der Waals surface area contributed by atoms with Crippen LogP contribution in [0.15, 0.2) is 29.3 Å². The molecule has 0 aromatic heterocycles. The quantitative estimate of drug-likeness (QED) is 0.794. The molecular formula is C15H16N2O3. The van der Waals surface area contributed by atoms with E-state index in [0.29, 0.717) is 13.0 Å². The van der Waals surface area contributed by atoms with Crippen molar-refractivity contribution in [3.8, 4) is 0 Å². The lowest BCUT2D eigenvalue weighted by molar-refractivity contribution is -0.115. The summed E-state index contributed by atoms with van der Waals surface area (Å²) in [6.45, 7) is 4.06. The molecule has 0 bridgehead atoms. The van der Waals surface area contributed by atoms with Crippen molar-refractivity contribution in [2.24, 2.45) is 0 Å². The number of amides is 1. The van der Waals surface area contributed by atoms with E-state index >= 15 is 0 Å². The van der Waals surface area contributed by atoms with Crippen molar-refractivity contribution in [1.29, 1.82) is 0 Å². The maximum Gasteiger partial charge on any atom is 0.335 e. The van der Waals surface area contributed by atoms with Gasteiger partial charge in [-0.3, -0.25) is 4.79 Å². The average molecular weight is 272 g/mol. The van der Waals surface area contributed by atoms with E-state index in [-0.39, 0.29) is 11.5 Å². The van der Waals surface area contributed by atoms with E-state index in [2.05, 4.69) is 5.32 Å². The fraction of sp³-hybridized carbons (Fsp3) is 0.333. The lowest BCUT2D eigenvalue weighted by atomic mass is 10.0. The zero-order chi connectivity index (χ0) is 14.3. The Hall–Kier alpha value is -2.14. The van der Waals surface area contributed by atoms with Gasteiger partial charge >= 0.3 is 5.97 Å². The maximum absolute atomic E-state index is 12.5. The van der Waals surface area contributed by atoms with E-state index in [1.165, 1.54) is 0 Å². The first-order valence-electron chi connectivity index (χ1n) is 6.65. The van der Waals surface area contributed by atoms with Gasteiger partial charge in [-0.05, 0) is 42.7 Å². The normalized spacial score (nSPS) is 16.6. The molecule has 1 amide bonds. The third-order valence-electron chi connectivity index (χ3n) is 4.00. The third-order valence-corrected chi connectivity index (χ3v) is 4.00. The van der Waals surface area contributed by atoms with Gasteiger partial charge in [-0.2, -0.15) is 0 Å². The predicted molar refractivity (Wildman–Crippen MR) is 75.0 cm³/mol. The summed E-state index contributed by atoms with van der Waals surface area (Å²) in [4.78, 5) is 25.2. The van der Waals surface area contributed by atoms with Crippen molar-refractivity contribution in [1.82, 2.24) is 5.32 Å². The summed E-state index contributed by atoms with van der Waals surface area (Å²) in [5.41, 5.74) is 4.01. The predicted octanol–water partition coefficient (Wildman–Crippen LogP) is 1.19. The minimum atomic E-state index is -0.934. The van der Waals surface area contributed by atoms with Gasteiger partial charge in [0.2, 0.25) is 0 Å². The van der Waals surface area contributed by atoms with Gasteiger partial charge in [0.05, 0.1) is 5.56 Å². The molecular weight excluding hydrogens is 256 g/mol. The van der Waals surface area contributed by atoms with Crippen molar-refractivity contribution in [2.75, 3.05) is 24.5 Å². The van der Waals surface area contributed by atoms with Crippen molar-refractivity contribution >= 4 is 17.6 Å². The summed E-state index contributed by atoms with van der Waals surface area (Å²) < 4.78 is 0. The summed E-state index contributed by atoms with van der Waals surface area (Å²) in [5, 5.41) is 12.1. The second kappa shape index (κ2) is 4.76. The first-order chi connectivity index (χ1) is 9.58. The molecule has 1 fully saturated rings. The van der Waals surface area contributed by atoms with Gasteiger partial charge in [0.25, 0.3) is 5.91 Å². The molecule has 1 aromatic carbocycles. The van der Waals surface area contributed by atoms with Crippen LogP contribution >= 0.6 is 0 Å². The molecule has 5 nitrogen and oxygen atoms in total. The minimum absolute atomic E-state index is 0.0309. The Balaban J connectivity index is 1.89. The number of nitrogens with zero attached hydrogens (tertiary/aromatic N) is 1. The summed E-state index contributed by atoms with van der Waals surface area (Å²) in [7, 11) is 0. The Labute approximate surface area is 116 Å². The van der Waals surface area contributed by atoms with Gasteiger partial charge in [0.1, 0.15) is 0 Å². The molecule has 2 N–H and O–H groups in total. The Morgan fingerprint density at radius 1 is 1.30 bits per heavy atom. The molecule has 1 saturated heterocycles. The van der Waals surface area contributed by atoms with Crippen LogP contribution in [0.1, 0.15) is 22.8 Å². The zero-order valence-corrected chi connectivity index (χ0v) is 11.3. The van der Waals surface area contributed by atoms with E-state index < -0.39 is 5.97 Å². The molecule has 0 atom stereocenters. The number of carboxylic acid groups (broad SMARTS) is 1. The fourth-order valence-corrected chi connectivity index (χ4v) is 2.61. The molecule has 0 radical (unpaired) electrons. The van der Waals surface area contributed by atoms with Crippen LogP contribution in [0.3, 0.4) is 0 Å². The fourth-order valence-electron chi connectivity index (χ4n) is 2.61. The number of hydrogen-bond donors (Lipinski definition) is 2. The number of fused-ring (bicyclic) bond motifs is 1. The van der Waals surface area contributed by atoms with Crippen LogP contribution in [0.4, 0.5) is 5.69 Å². The second-order valence-corrected chi connectivity index (χ2v) is 5.19. The molecule has 0 spiro atoms. The Kier molecular flexibility index (Phi) is 3.06. The molecule has 2 aliphatic heterocycles. The molecule has 1 aromatic rings. The zero-order valence-electron chi connectivity index (χ0n) is 11.3. The second-order valence-electron chi connectivity index (χ2n) is 5.19. The van der Waals surface area contributed by atoms with Crippen molar-refractivity contribution in [3.63, 3.8) is 0 Å². The van der Waals surface area contributed by atoms with Crippen molar-refractivity contribution in [2.45, 2.75) is 13.3 Å². The number of carboxylic acids is 1. The maximum atomic E-state index is 12.5. The smallest absolute Gasteiger partial charge is 0.335 e. The van der Waals surface area contributed by atoms with Crippen LogP contribution in [0.2, 0.25) is 0 Å². The van der Waals surface area contributed by atoms with Gasteiger partial charge < -0.3 is 15.3 Å². The van der Waals surface area contributed by atoms with Crippen LogP contribution in [-0.4, -0.2) is 36.6 Å². The molecule has 0 unspecified atom stereocenters.